The van der Waals surface area contributed by atoms with E-state index in [4.69, 9.17) is 0 Å². The van der Waals surface area contributed by atoms with Gasteiger partial charge in [-0.1, -0.05) is 60.2 Å². The van der Waals surface area contributed by atoms with Crippen LogP contribution < -0.4 is 9.62 Å². The molecule has 0 aliphatic heterocycles. The topological polar surface area (TPSA) is 66.5 Å². The van der Waals surface area contributed by atoms with Crippen LogP contribution in [0.3, 0.4) is 0 Å². The molecular formula is C26H23FN2O3S. The highest BCUT2D eigenvalue weighted by Gasteiger charge is 2.27. The van der Waals surface area contributed by atoms with Gasteiger partial charge in [-0.2, -0.15) is 0 Å². The Labute approximate surface area is 192 Å². The van der Waals surface area contributed by atoms with Crippen LogP contribution >= 0.6 is 0 Å². The van der Waals surface area contributed by atoms with E-state index in [2.05, 4.69) is 5.32 Å². The Balaban J connectivity index is 1.59. The summed E-state index contributed by atoms with van der Waals surface area (Å²) < 4.78 is 41.2. The van der Waals surface area contributed by atoms with Crippen LogP contribution in [0.4, 0.5) is 10.1 Å². The van der Waals surface area contributed by atoms with Crippen molar-refractivity contribution >= 4 is 32.4 Å². The molecule has 0 saturated carbocycles. The number of halogens is 1. The van der Waals surface area contributed by atoms with Crippen LogP contribution in [-0.4, -0.2) is 20.9 Å². The summed E-state index contributed by atoms with van der Waals surface area (Å²) in [5.74, 6) is -0.963. The van der Waals surface area contributed by atoms with Crippen molar-refractivity contribution in [1.82, 2.24) is 5.32 Å². The SMILES string of the molecule is Cc1ccc(S(=O)(=O)N(CC(=O)NCc2cccc3ccccc23)c2ccc(F)cc2)cc1. The van der Waals surface area contributed by atoms with E-state index in [-0.39, 0.29) is 17.1 Å². The molecule has 0 fully saturated rings. The summed E-state index contributed by atoms with van der Waals surface area (Å²) in [4.78, 5) is 12.9. The van der Waals surface area contributed by atoms with Crippen LogP contribution in [0.2, 0.25) is 0 Å². The van der Waals surface area contributed by atoms with Crippen molar-refractivity contribution in [3.8, 4) is 0 Å². The number of nitrogens with one attached hydrogen (secondary N) is 1. The Kier molecular flexibility index (Phi) is 6.42. The lowest BCUT2D eigenvalue weighted by atomic mass is 10.0. The van der Waals surface area contributed by atoms with Gasteiger partial charge in [0.05, 0.1) is 10.6 Å². The third-order valence-electron chi connectivity index (χ3n) is 5.37. The predicted octanol–water partition coefficient (Wildman–Crippen LogP) is 4.80. The maximum Gasteiger partial charge on any atom is 0.264 e. The molecular weight excluding hydrogens is 439 g/mol. The summed E-state index contributed by atoms with van der Waals surface area (Å²) in [5, 5.41) is 4.89. The largest absolute Gasteiger partial charge is 0.350 e. The van der Waals surface area contributed by atoms with E-state index in [9.17, 15) is 17.6 Å². The molecule has 0 bridgehead atoms. The third kappa shape index (κ3) is 5.04. The zero-order chi connectivity index (χ0) is 23.4. The molecule has 0 radical (unpaired) electrons. The number of anilines is 1. The van der Waals surface area contributed by atoms with Crippen molar-refractivity contribution in [1.29, 1.82) is 0 Å². The number of carbonyl (C=O) groups is 1. The van der Waals surface area contributed by atoms with E-state index in [0.29, 0.717) is 0 Å². The molecule has 0 aliphatic rings. The highest BCUT2D eigenvalue weighted by atomic mass is 32.2. The van der Waals surface area contributed by atoms with Gasteiger partial charge in [-0.05, 0) is 59.7 Å². The van der Waals surface area contributed by atoms with Crippen molar-refractivity contribution in [2.24, 2.45) is 0 Å². The minimum Gasteiger partial charge on any atom is -0.350 e. The zero-order valence-electron chi connectivity index (χ0n) is 18.0. The number of carbonyl (C=O) groups excluding carboxylic acids is 1. The number of fused-ring (bicyclic) bond motifs is 1. The van der Waals surface area contributed by atoms with E-state index in [1.807, 2.05) is 49.4 Å². The number of amides is 1. The molecule has 33 heavy (non-hydrogen) atoms. The molecule has 0 atom stereocenters. The van der Waals surface area contributed by atoms with Crippen molar-refractivity contribution < 1.29 is 17.6 Å². The Bertz CT molecular complexity index is 1380. The van der Waals surface area contributed by atoms with Gasteiger partial charge in [-0.3, -0.25) is 9.10 Å². The van der Waals surface area contributed by atoms with Crippen LogP contribution in [0.15, 0.2) is 95.9 Å². The van der Waals surface area contributed by atoms with Crippen LogP contribution in [0.1, 0.15) is 11.1 Å². The first-order valence-electron chi connectivity index (χ1n) is 10.4. The van der Waals surface area contributed by atoms with Crippen molar-refractivity contribution in [3.05, 3.63) is 108 Å². The lowest BCUT2D eigenvalue weighted by molar-refractivity contribution is -0.119. The van der Waals surface area contributed by atoms with E-state index < -0.39 is 28.3 Å². The Morgan fingerprint density at radius 3 is 2.27 bits per heavy atom. The zero-order valence-corrected chi connectivity index (χ0v) is 18.8. The van der Waals surface area contributed by atoms with Gasteiger partial charge in [0.2, 0.25) is 5.91 Å². The molecule has 0 saturated heterocycles. The number of sulfonamides is 1. The molecule has 1 amide bonds. The molecule has 0 heterocycles. The monoisotopic (exact) mass is 462 g/mol. The van der Waals surface area contributed by atoms with Crippen LogP contribution in [-0.2, 0) is 21.4 Å². The number of hydrogen-bond donors (Lipinski definition) is 1. The van der Waals surface area contributed by atoms with Gasteiger partial charge in [0.1, 0.15) is 12.4 Å². The molecule has 4 aromatic rings. The summed E-state index contributed by atoms with van der Waals surface area (Å²) in [6.45, 7) is 1.67. The van der Waals surface area contributed by atoms with Gasteiger partial charge in [0.25, 0.3) is 10.0 Å². The van der Waals surface area contributed by atoms with E-state index in [1.165, 1.54) is 36.4 Å². The van der Waals surface area contributed by atoms with Gasteiger partial charge in [0, 0.05) is 6.54 Å². The molecule has 7 heteroatoms. The highest BCUT2D eigenvalue weighted by Crippen LogP contribution is 2.24. The number of benzene rings is 4. The Hall–Kier alpha value is -3.71. The van der Waals surface area contributed by atoms with Gasteiger partial charge in [0.15, 0.2) is 0 Å². The minimum absolute atomic E-state index is 0.0549. The van der Waals surface area contributed by atoms with Gasteiger partial charge in [-0.15, -0.1) is 0 Å². The summed E-state index contributed by atoms with van der Waals surface area (Å²) in [6, 6.07) is 25.1. The predicted molar refractivity (Wildman–Crippen MR) is 128 cm³/mol. The fourth-order valence-electron chi connectivity index (χ4n) is 3.59. The molecule has 1 N–H and O–H groups in total. The second-order valence-corrected chi connectivity index (χ2v) is 9.58. The molecule has 5 nitrogen and oxygen atoms in total. The number of rotatable bonds is 7. The number of nitrogens with zero attached hydrogens (tertiary/aromatic N) is 1. The van der Waals surface area contributed by atoms with E-state index in [1.54, 1.807) is 12.1 Å². The fraction of sp³-hybridized carbons (Fsp3) is 0.115. The first-order valence-corrected chi connectivity index (χ1v) is 11.9. The lowest BCUT2D eigenvalue weighted by Gasteiger charge is -2.24. The van der Waals surface area contributed by atoms with E-state index in [0.717, 1.165) is 26.2 Å². The maximum absolute atomic E-state index is 13.5. The third-order valence-corrected chi connectivity index (χ3v) is 7.15. The Morgan fingerprint density at radius 1 is 0.879 bits per heavy atom. The summed E-state index contributed by atoms with van der Waals surface area (Å²) in [5.41, 5.74) is 2.04. The second kappa shape index (κ2) is 9.42. The second-order valence-electron chi connectivity index (χ2n) is 7.72. The molecule has 0 spiro atoms. The summed E-state index contributed by atoms with van der Waals surface area (Å²) in [7, 11) is -4.05. The first-order chi connectivity index (χ1) is 15.8. The van der Waals surface area contributed by atoms with Crippen LogP contribution in [0.5, 0.6) is 0 Å². The number of hydrogen-bond acceptors (Lipinski definition) is 3. The van der Waals surface area contributed by atoms with Crippen molar-refractivity contribution in [2.45, 2.75) is 18.4 Å². The molecule has 168 valence electrons. The van der Waals surface area contributed by atoms with Gasteiger partial charge >= 0.3 is 0 Å². The average molecular weight is 463 g/mol. The number of aryl methyl sites for hydroxylation is 1. The Morgan fingerprint density at radius 2 is 1.55 bits per heavy atom. The molecule has 4 rings (SSSR count). The standard InChI is InChI=1S/C26H23FN2O3S/c1-19-9-15-24(16-10-19)33(31,32)29(23-13-11-22(27)12-14-23)18-26(30)28-17-21-7-4-6-20-5-2-3-8-25(20)21/h2-16H,17-18H2,1H3,(H,28,30). The summed E-state index contributed by atoms with van der Waals surface area (Å²) in [6.07, 6.45) is 0. The normalized spacial score (nSPS) is 11.3. The minimum atomic E-state index is -4.05. The van der Waals surface area contributed by atoms with Gasteiger partial charge < -0.3 is 5.32 Å². The summed E-state index contributed by atoms with van der Waals surface area (Å²) >= 11 is 0. The first kappa shape index (κ1) is 22.5. The maximum atomic E-state index is 13.5. The van der Waals surface area contributed by atoms with Crippen LogP contribution in [0, 0.1) is 12.7 Å². The van der Waals surface area contributed by atoms with Crippen molar-refractivity contribution in [2.75, 3.05) is 10.8 Å². The highest BCUT2D eigenvalue weighted by molar-refractivity contribution is 7.92. The lowest BCUT2D eigenvalue weighted by Crippen LogP contribution is -2.40. The quantitative estimate of drug-likeness (QED) is 0.429. The van der Waals surface area contributed by atoms with Crippen molar-refractivity contribution in [3.63, 3.8) is 0 Å². The smallest absolute Gasteiger partial charge is 0.264 e. The van der Waals surface area contributed by atoms with Gasteiger partial charge in [-0.25, -0.2) is 12.8 Å². The van der Waals surface area contributed by atoms with E-state index >= 15 is 0 Å². The molecule has 4 aromatic carbocycles. The molecule has 0 unspecified atom stereocenters. The fourth-order valence-corrected chi connectivity index (χ4v) is 5.01. The molecule has 0 aromatic heterocycles. The molecule has 0 aliphatic carbocycles. The average Bonchev–Trinajstić information content (AvgIpc) is 2.82. The van der Waals surface area contributed by atoms with Crippen LogP contribution in [0.25, 0.3) is 10.8 Å².